The summed E-state index contributed by atoms with van der Waals surface area (Å²) in [4.78, 5) is 10.5. The third kappa shape index (κ3) is 4.83. The second kappa shape index (κ2) is 8.83. The predicted molar refractivity (Wildman–Crippen MR) is 114 cm³/mol. The summed E-state index contributed by atoms with van der Waals surface area (Å²) in [5, 5.41) is 20.3. The van der Waals surface area contributed by atoms with E-state index >= 15 is 0 Å². The number of hydrogen-bond acceptors (Lipinski definition) is 5. The summed E-state index contributed by atoms with van der Waals surface area (Å²) in [7, 11) is 0. The highest BCUT2D eigenvalue weighted by molar-refractivity contribution is 7.99. The van der Waals surface area contributed by atoms with Crippen molar-refractivity contribution in [1.82, 2.24) is 14.8 Å². The molecule has 0 saturated carbocycles. The molecule has 33 heavy (non-hydrogen) atoms. The van der Waals surface area contributed by atoms with Gasteiger partial charge in [0.1, 0.15) is 5.82 Å². The lowest BCUT2D eigenvalue weighted by atomic mass is 10.2. The quantitative estimate of drug-likeness (QED) is 0.173. The van der Waals surface area contributed by atoms with Crippen LogP contribution in [0.3, 0.4) is 0 Å². The van der Waals surface area contributed by atoms with Gasteiger partial charge in [0.2, 0.25) is 5.16 Å². The van der Waals surface area contributed by atoms with Gasteiger partial charge in [0.05, 0.1) is 15.4 Å². The van der Waals surface area contributed by atoms with Crippen molar-refractivity contribution < 1.29 is 22.5 Å². The zero-order valence-corrected chi connectivity index (χ0v) is 17.8. The zero-order valence-electron chi connectivity index (χ0n) is 16.3. The van der Waals surface area contributed by atoms with Gasteiger partial charge < -0.3 is 0 Å². The van der Waals surface area contributed by atoms with Crippen LogP contribution in [0.4, 0.5) is 23.2 Å². The fourth-order valence-corrected chi connectivity index (χ4v) is 4.03. The molecule has 0 atom stereocenters. The van der Waals surface area contributed by atoms with Crippen LogP contribution in [0.15, 0.2) is 76.8 Å². The van der Waals surface area contributed by atoms with Crippen LogP contribution in [-0.2, 0) is 6.18 Å². The van der Waals surface area contributed by atoms with Crippen molar-refractivity contribution in [3.63, 3.8) is 0 Å². The van der Waals surface area contributed by atoms with E-state index in [-0.39, 0.29) is 10.1 Å². The largest absolute Gasteiger partial charge is 0.416 e. The minimum Gasteiger partial charge on any atom is -0.270 e. The first-order chi connectivity index (χ1) is 15.6. The highest BCUT2D eigenvalue weighted by atomic mass is 35.5. The van der Waals surface area contributed by atoms with Crippen LogP contribution in [0.5, 0.6) is 0 Å². The minimum atomic E-state index is -4.73. The Kier molecular flexibility index (Phi) is 6.09. The van der Waals surface area contributed by atoms with Gasteiger partial charge in [-0.15, -0.1) is 10.2 Å². The Bertz CT molecular complexity index is 1330. The van der Waals surface area contributed by atoms with Crippen LogP contribution in [0.1, 0.15) is 5.56 Å². The normalized spacial score (nSPS) is 11.5. The molecule has 0 saturated heterocycles. The summed E-state index contributed by atoms with van der Waals surface area (Å²) in [5.74, 6) is -0.150. The molecular weight excluding hydrogens is 484 g/mol. The van der Waals surface area contributed by atoms with Crippen molar-refractivity contribution in [2.45, 2.75) is 16.2 Å². The lowest BCUT2D eigenvalue weighted by molar-refractivity contribution is -0.388. The smallest absolute Gasteiger partial charge is 0.270 e. The van der Waals surface area contributed by atoms with Crippen molar-refractivity contribution in [2.75, 3.05) is 0 Å². The van der Waals surface area contributed by atoms with E-state index < -0.39 is 28.2 Å². The molecule has 0 aliphatic rings. The first kappa shape index (κ1) is 22.7. The van der Waals surface area contributed by atoms with Gasteiger partial charge in [-0.3, -0.25) is 14.7 Å². The van der Waals surface area contributed by atoms with Crippen LogP contribution in [0, 0.1) is 15.9 Å². The molecule has 4 aromatic rings. The van der Waals surface area contributed by atoms with Crippen LogP contribution in [0.2, 0.25) is 5.02 Å². The molecular formula is C21H11ClF4N4O2S. The van der Waals surface area contributed by atoms with E-state index in [1.165, 1.54) is 28.8 Å². The summed E-state index contributed by atoms with van der Waals surface area (Å²) < 4.78 is 54.1. The lowest BCUT2D eigenvalue weighted by Gasteiger charge is -2.11. The maximum Gasteiger partial charge on any atom is 0.416 e. The van der Waals surface area contributed by atoms with Crippen LogP contribution in [0.25, 0.3) is 17.1 Å². The minimum absolute atomic E-state index is 0.0635. The number of hydrogen-bond donors (Lipinski definition) is 0. The Labute approximate surface area is 193 Å². The van der Waals surface area contributed by atoms with E-state index in [0.717, 1.165) is 23.9 Å². The highest BCUT2D eigenvalue weighted by Gasteiger charge is 2.33. The van der Waals surface area contributed by atoms with E-state index in [2.05, 4.69) is 10.2 Å². The fraction of sp³-hybridized carbons (Fsp3) is 0.0476. The molecule has 12 heteroatoms. The Morgan fingerprint density at radius 3 is 2.24 bits per heavy atom. The number of alkyl halides is 3. The molecule has 0 radical (unpaired) electrons. The van der Waals surface area contributed by atoms with Crippen LogP contribution >= 0.6 is 23.4 Å². The average molecular weight is 495 g/mol. The molecule has 168 valence electrons. The number of nitro benzene ring substituents is 1. The van der Waals surface area contributed by atoms with Crippen molar-refractivity contribution >= 4 is 29.1 Å². The monoisotopic (exact) mass is 494 g/mol. The topological polar surface area (TPSA) is 73.8 Å². The Hall–Kier alpha value is -3.44. The Morgan fingerprint density at radius 2 is 1.64 bits per heavy atom. The number of aromatic nitrogens is 3. The lowest BCUT2D eigenvalue weighted by Crippen LogP contribution is -2.06. The molecule has 0 aliphatic heterocycles. The molecule has 4 rings (SSSR count). The van der Waals surface area contributed by atoms with Gasteiger partial charge in [-0.1, -0.05) is 11.6 Å². The van der Waals surface area contributed by atoms with Crippen LogP contribution in [-0.4, -0.2) is 19.7 Å². The van der Waals surface area contributed by atoms with E-state index in [9.17, 15) is 27.7 Å². The van der Waals surface area contributed by atoms with E-state index in [4.69, 9.17) is 11.6 Å². The summed E-state index contributed by atoms with van der Waals surface area (Å²) in [6, 6.07) is 14.2. The predicted octanol–water partition coefficient (Wildman–Crippen LogP) is 6.81. The first-order valence-corrected chi connectivity index (χ1v) is 10.3. The zero-order chi connectivity index (χ0) is 23.8. The molecule has 0 amide bonds. The Balaban J connectivity index is 1.84. The molecule has 0 bridgehead atoms. The summed E-state index contributed by atoms with van der Waals surface area (Å²) >= 11 is 6.71. The molecule has 1 aromatic heterocycles. The molecule has 6 nitrogen and oxygen atoms in total. The third-order valence-corrected chi connectivity index (χ3v) is 5.77. The maximum atomic E-state index is 13.5. The third-order valence-electron chi connectivity index (χ3n) is 4.50. The van der Waals surface area contributed by atoms with E-state index in [1.807, 2.05) is 0 Å². The summed E-state index contributed by atoms with van der Waals surface area (Å²) in [6.45, 7) is 0. The second-order valence-corrected chi connectivity index (χ2v) is 8.11. The Morgan fingerprint density at radius 1 is 0.970 bits per heavy atom. The van der Waals surface area contributed by atoms with Gasteiger partial charge in [-0.2, -0.15) is 13.2 Å². The maximum absolute atomic E-state index is 13.5. The standard InChI is InChI=1S/C21H11ClF4N4O2S/c22-14-4-1-12(2-5-14)19-27-28-20(29(19)16-8-6-15(23)7-9-16)33-18-10-3-13(21(24,25)26)11-17(18)30(31)32/h1-11H. The fourth-order valence-electron chi connectivity index (χ4n) is 2.97. The second-order valence-electron chi connectivity index (χ2n) is 6.66. The van der Waals surface area contributed by atoms with Gasteiger partial charge in [-0.25, -0.2) is 4.39 Å². The van der Waals surface area contributed by atoms with Crippen molar-refractivity contribution in [2.24, 2.45) is 0 Å². The van der Waals surface area contributed by atoms with Crippen molar-refractivity contribution in [3.05, 3.63) is 93.2 Å². The summed E-state index contributed by atoms with van der Waals surface area (Å²) in [6.07, 6.45) is -4.73. The van der Waals surface area contributed by atoms with Gasteiger partial charge in [0.15, 0.2) is 5.82 Å². The van der Waals surface area contributed by atoms with Gasteiger partial charge >= 0.3 is 6.18 Å². The van der Waals surface area contributed by atoms with E-state index in [0.29, 0.717) is 28.2 Å². The number of benzene rings is 3. The van der Waals surface area contributed by atoms with Crippen molar-refractivity contribution in [3.8, 4) is 17.1 Å². The highest BCUT2D eigenvalue weighted by Crippen LogP contribution is 2.40. The molecule has 3 aromatic carbocycles. The molecule has 1 heterocycles. The first-order valence-electron chi connectivity index (χ1n) is 9.14. The average Bonchev–Trinajstić information content (AvgIpc) is 3.17. The van der Waals surface area contributed by atoms with Crippen LogP contribution < -0.4 is 0 Å². The van der Waals surface area contributed by atoms with Gasteiger partial charge in [0, 0.05) is 22.3 Å². The number of nitrogens with zero attached hydrogens (tertiary/aromatic N) is 4. The van der Waals surface area contributed by atoms with Crippen molar-refractivity contribution in [1.29, 1.82) is 0 Å². The number of nitro groups is 1. The number of rotatable bonds is 5. The number of halogens is 5. The van der Waals surface area contributed by atoms with Gasteiger partial charge in [-0.05, 0) is 72.4 Å². The molecule has 0 unspecified atom stereocenters. The molecule has 0 N–H and O–H groups in total. The molecule has 0 fully saturated rings. The SMILES string of the molecule is O=[N+]([O-])c1cc(C(F)(F)F)ccc1Sc1nnc(-c2ccc(Cl)cc2)n1-c1ccc(F)cc1. The molecule has 0 spiro atoms. The molecule has 0 aliphatic carbocycles. The summed E-state index contributed by atoms with van der Waals surface area (Å²) in [5.41, 5.74) is -0.815. The van der Waals surface area contributed by atoms with E-state index in [1.54, 1.807) is 24.3 Å². The van der Waals surface area contributed by atoms with Gasteiger partial charge in [0.25, 0.3) is 5.69 Å².